The van der Waals surface area contributed by atoms with Crippen LogP contribution in [0.5, 0.6) is 0 Å². The van der Waals surface area contributed by atoms with Gasteiger partial charge in [0.2, 0.25) is 0 Å². The highest BCUT2D eigenvalue weighted by molar-refractivity contribution is 5.81. The lowest BCUT2D eigenvalue weighted by atomic mass is 10.0. The van der Waals surface area contributed by atoms with Gasteiger partial charge in [0, 0.05) is 16.7 Å². The van der Waals surface area contributed by atoms with E-state index >= 15 is 0 Å². The van der Waals surface area contributed by atoms with E-state index in [0.29, 0.717) is 0 Å². The maximum atomic E-state index is 4.94. The van der Waals surface area contributed by atoms with E-state index < -0.39 is 0 Å². The van der Waals surface area contributed by atoms with Crippen molar-refractivity contribution in [3.63, 3.8) is 0 Å². The van der Waals surface area contributed by atoms with Gasteiger partial charge in [-0.15, -0.1) is 0 Å². The Balaban J connectivity index is 1.91. The summed E-state index contributed by atoms with van der Waals surface area (Å²) in [6.07, 6.45) is 0. The van der Waals surface area contributed by atoms with Crippen LogP contribution in [-0.2, 0) is 0 Å². The first kappa shape index (κ1) is 15.4. The second-order valence-electron chi connectivity index (χ2n) is 6.41. The Hall–Kier alpha value is -3.13. The monoisotopic (exact) mass is 324 g/mol. The number of nitrogens with one attached hydrogen (secondary N) is 1. The number of rotatable bonds is 3. The van der Waals surface area contributed by atoms with Gasteiger partial charge >= 0.3 is 0 Å². The van der Waals surface area contributed by atoms with Crippen molar-refractivity contribution in [3.05, 3.63) is 90.0 Å². The number of hydrogen-bond donors (Lipinski definition) is 1. The summed E-state index contributed by atoms with van der Waals surface area (Å²) in [7, 11) is 0. The first-order valence-electron chi connectivity index (χ1n) is 8.50. The van der Waals surface area contributed by atoms with Crippen LogP contribution >= 0.6 is 0 Å². The maximum Gasteiger partial charge on any atom is 0.138 e. The predicted molar refractivity (Wildman–Crippen MR) is 104 cm³/mol. The van der Waals surface area contributed by atoms with E-state index in [9.17, 15) is 0 Å². The second kappa shape index (κ2) is 6.40. The molecule has 0 saturated carbocycles. The minimum atomic E-state index is 0.896. The van der Waals surface area contributed by atoms with E-state index in [1.165, 1.54) is 11.1 Å². The van der Waals surface area contributed by atoms with Crippen molar-refractivity contribution in [2.24, 2.45) is 0 Å². The third-order valence-corrected chi connectivity index (χ3v) is 4.38. The molecule has 3 aromatic carbocycles. The Morgan fingerprint density at radius 3 is 2.08 bits per heavy atom. The summed E-state index contributed by atoms with van der Waals surface area (Å²) in [5.41, 5.74) is 7.91. The van der Waals surface area contributed by atoms with Gasteiger partial charge in [0.15, 0.2) is 0 Å². The van der Waals surface area contributed by atoms with Gasteiger partial charge in [0.05, 0.1) is 11.4 Å². The number of aromatic nitrogens is 2. The Morgan fingerprint density at radius 2 is 1.36 bits per heavy atom. The second-order valence-corrected chi connectivity index (χ2v) is 6.41. The summed E-state index contributed by atoms with van der Waals surface area (Å²) in [4.78, 5) is 8.48. The number of aromatic amines is 1. The van der Waals surface area contributed by atoms with E-state index in [4.69, 9.17) is 4.98 Å². The molecule has 0 aliphatic rings. The first-order valence-corrected chi connectivity index (χ1v) is 8.50. The smallest absolute Gasteiger partial charge is 0.138 e. The molecular formula is C23H20N2. The van der Waals surface area contributed by atoms with Gasteiger partial charge in [-0.1, -0.05) is 83.9 Å². The lowest BCUT2D eigenvalue weighted by Crippen LogP contribution is -1.85. The Bertz CT molecular complexity index is 996. The summed E-state index contributed by atoms with van der Waals surface area (Å²) in [5, 5.41) is 0. The van der Waals surface area contributed by atoms with Crippen molar-refractivity contribution >= 4 is 0 Å². The minimum Gasteiger partial charge on any atom is -0.337 e. The zero-order valence-corrected chi connectivity index (χ0v) is 14.5. The summed E-state index contributed by atoms with van der Waals surface area (Å²) < 4.78 is 0. The average molecular weight is 324 g/mol. The quantitative estimate of drug-likeness (QED) is 0.490. The molecule has 0 fully saturated rings. The van der Waals surface area contributed by atoms with Crippen molar-refractivity contribution in [1.82, 2.24) is 9.97 Å². The molecule has 25 heavy (non-hydrogen) atoms. The fraction of sp³-hybridized carbons (Fsp3) is 0.0870. The molecule has 1 aromatic heterocycles. The van der Waals surface area contributed by atoms with Crippen molar-refractivity contribution in [1.29, 1.82) is 0 Å². The molecule has 0 aliphatic heterocycles. The number of hydrogen-bond acceptors (Lipinski definition) is 1. The predicted octanol–water partition coefficient (Wildman–Crippen LogP) is 6.03. The number of nitrogens with zero attached hydrogens (tertiary/aromatic N) is 1. The summed E-state index contributed by atoms with van der Waals surface area (Å²) in [6, 6.07) is 27.3. The van der Waals surface area contributed by atoms with Gasteiger partial charge in [-0.25, -0.2) is 4.98 Å². The molecule has 0 amide bonds. The van der Waals surface area contributed by atoms with Gasteiger partial charge in [-0.05, 0) is 19.9 Å². The normalized spacial score (nSPS) is 10.8. The average Bonchev–Trinajstić information content (AvgIpc) is 3.08. The Kier molecular flexibility index (Phi) is 3.95. The van der Waals surface area contributed by atoms with Gasteiger partial charge in [0.25, 0.3) is 0 Å². The molecule has 2 nitrogen and oxygen atoms in total. The number of benzene rings is 3. The summed E-state index contributed by atoms with van der Waals surface area (Å²) in [5.74, 6) is 0.896. The standard InChI is InChI=1S/C23H20N2/c1-16-11-13-18(14-12-16)21-22(20-10-6-7-17(2)15-20)25-23(24-21)19-8-4-3-5-9-19/h3-15H,1-2H3,(H,24,25). The highest BCUT2D eigenvalue weighted by Gasteiger charge is 2.15. The van der Waals surface area contributed by atoms with Crippen molar-refractivity contribution in [2.45, 2.75) is 13.8 Å². The lowest BCUT2D eigenvalue weighted by Gasteiger charge is -2.04. The first-order chi connectivity index (χ1) is 12.2. The van der Waals surface area contributed by atoms with E-state index in [-0.39, 0.29) is 0 Å². The van der Waals surface area contributed by atoms with Crippen LogP contribution in [0.1, 0.15) is 11.1 Å². The van der Waals surface area contributed by atoms with Crippen LogP contribution in [0.2, 0.25) is 0 Å². The molecule has 0 aliphatic carbocycles. The van der Waals surface area contributed by atoms with Crippen LogP contribution in [0.3, 0.4) is 0 Å². The van der Waals surface area contributed by atoms with Crippen LogP contribution in [0.4, 0.5) is 0 Å². The minimum absolute atomic E-state index is 0.896. The molecule has 122 valence electrons. The van der Waals surface area contributed by atoms with E-state index in [1.807, 2.05) is 18.2 Å². The maximum absolute atomic E-state index is 4.94. The van der Waals surface area contributed by atoms with Crippen molar-refractivity contribution < 1.29 is 0 Å². The summed E-state index contributed by atoms with van der Waals surface area (Å²) >= 11 is 0. The van der Waals surface area contributed by atoms with Gasteiger partial charge in [-0.3, -0.25) is 0 Å². The Morgan fingerprint density at radius 1 is 0.640 bits per heavy atom. The lowest BCUT2D eigenvalue weighted by molar-refractivity contribution is 1.31. The number of imidazole rings is 1. The molecular weight excluding hydrogens is 304 g/mol. The molecule has 1 N–H and O–H groups in total. The molecule has 4 aromatic rings. The van der Waals surface area contributed by atoms with Crippen LogP contribution in [-0.4, -0.2) is 9.97 Å². The zero-order chi connectivity index (χ0) is 17.2. The van der Waals surface area contributed by atoms with Crippen molar-refractivity contribution in [3.8, 4) is 33.9 Å². The zero-order valence-electron chi connectivity index (χ0n) is 14.5. The molecule has 0 spiro atoms. The molecule has 0 radical (unpaired) electrons. The van der Waals surface area contributed by atoms with E-state index in [0.717, 1.165) is 33.9 Å². The van der Waals surface area contributed by atoms with Crippen LogP contribution in [0.25, 0.3) is 33.9 Å². The number of aryl methyl sites for hydroxylation is 2. The van der Waals surface area contributed by atoms with Crippen LogP contribution in [0, 0.1) is 13.8 Å². The fourth-order valence-corrected chi connectivity index (χ4v) is 3.04. The molecule has 0 unspecified atom stereocenters. The van der Waals surface area contributed by atoms with Crippen LogP contribution in [0.15, 0.2) is 78.9 Å². The van der Waals surface area contributed by atoms with Gasteiger partial charge < -0.3 is 4.98 Å². The molecule has 4 rings (SSSR count). The molecule has 2 heteroatoms. The van der Waals surface area contributed by atoms with Crippen molar-refractivity contribution in [2.75, 3.05) is 0 Å². The highest BCUT2D eigenvalue weighted by Crippen LogP contribution is 2.33. The Labute approximate surface area is 148 Å². The fourth-order valence-electron chi connectivity index (χ4n) is 3.04. The molecule has 0 atom stereocenters. The van der Waals surface area contributed by atoms with E-state index in [1.54, 1.807) is 0 Å². The third-order valence-electron chi connectivity index (χ3n) is 4.38. The third kappa shape index (κ3) is 3.11. The number of H-pyrrole nitrogens is 1. The highest BCUT2D eigenvalue weighted by atomic mass is 14.9. The van der Waals surface area contributed by atoms with Gasteiger partial charge in [0.1, 0.15) is 5.82 Å². The van der Waals surface area contributed by atoms with E-state index in [2.05, 4.69) is 79.5 Å². The molecule has 0 saturated heterocycles. The molecule has 1 heterocycles. The van der Waals surface area contributed by atoms with Crippen LogP contribution < -0.4 is 0 Å². The topological polar surface area (TPSA) is 28.7 Å². The SMILES string of the molecule is Cc1ccc(-c2[nH]c(-c3ccccc3)nc2-c2cccc(C)c2)cc1. The molecule has 0 bridgehead atoms. The largest absolute Gasteiger partial charge is 0.337 e. The van der Waals surface area contributed by atoms with Gasteiger partial charge in [-0.2, -0.15) is 0 Å². The summed E-state index contributed by atoms with van der Waals surface area (Å²) in [6.45, 7) is 4.22.